The molecule has 0 aliphatic rings. The second-order valence-electron chi connectivity index (χ2n) is 13.0. The molecule has 0 atom stereocenters. The quantitative estimate of drug-likeness (QED) is 0.0937. The van der Waals surface area contributed by atoms with Crippen LogP contribution in [0.2, 0.25) is 0 Å². The minimum absolute atomic E-state index is 0.00521. The first-order valence-corrected chi connectivity index (χ1v) is 20.0. The molecule has 278 valence electrons. The maximum atomic E-state index is 14.4. The number of benzene rings is 4. The molecule has 2 aromatic heterocycles. The van der Waals surface area contributed by atoms with E-state index in [-0.39, 0.29) is 24.7 Å². The number of aromatic nitrogens is 2. The molecule has 0 N–H and O–H groups in total. The maximum absolute atomic E-state index is 14.4. The van der Waals surface area contributed by atoms with Crippen molar-refractivity contribution in [1.82, 2.24) is 9.97 Å². The van der Waals surface area contributed by atoms with Crippen LogP contribution >= 0.6 is 10.3 Å². The summed E-state index contributed by atoms with van der Waals surface area (Å²) >= 11 is 0. The van der Waals surface area contributed by atoms with E-state index in [0.29, 0.717) is 31.9 Å². The van der Waals surface area contributed by atoms with Gasteiger partial charge in [-0.25, -0.2) is 8.42 Å². The lowest BCUT2D eigenvalue weighted by molar-refractivity contribution is -0.157. The third kappa shape index (κ3) is 9.84. The molecule has 0 amide bonds. The molecule has 10 nitrogen and oxygen atoms in total. The van der Waals surface area contributed by atoms with Gasteiger partial charge in [-0.2, -0.15) is 8.42 Å². The van der Waals surface area contributed by atoms with Gasteiger partial charge in [0.2, 0.25) is 0 Å². The Kier molecular flexibility index (Phi) is 12.0. The highest BCUT2D eigenvalue weighted by molar-refractivity contribution is 8.33. The maximum Gasteiger partial charge on any atom is 0.344 e. The van der Waals surface area contributed by atoms with Crippen LogP contribution in [0.25, 0.3) is 0 Å². The number of esters is 1. The van der Waals surface area contributed by atoms with Gasteiger partial charge in [0.05, 0.1) is 4.90 Å². The van der Waals surface area contributed by atoms with Crippen LogP contribution in [-0.4, -0.2) is 36.6 Å². The van der Waals surface area contributed by atoms with E-state index in [1.54, 1.807) is 112 Å². The molecule has 0 spiro atoms. The highest BCUT2D eigenvalue weighted by Crippen LogP contribution is 2.71. The van der Waals surface area contributed by atoms with Gasteiger partial charge in [-0.3, -0.25) is 9.97 Å². The summed E-state index contributed by atoms with van der Waals surface area (Å²) in [7, 11) is -7.54. The lowest BCUT2D eigenvalue weighted by Gasteiger charge is -2.39. The number of nitrogens with zero attached hydrogens (tertiary/aromatic N) is 2. The molecule has 0 aliphatic carbocycles. The van der Waals surface area contributed by atoms with Gasteiger partial charge in [0.1, 0.15) is 36.1 Å². The molecule has 0 bridgehead atoms. The van der Waals surface area contributed by atoms with Gasteiger partial charge >= 0.3 is 16.1 Å². The van der Waals surface area contributed by atoms with Crippen molar-refractivity contribution in [1.29, 1.82) is 0 Å². The Morgan fingerprint density at radius 1 is 0.556 bits per heavy atom. The highest BCUT2D eigenvalue weighted by atomic mass is 32.3. The fourth-order valence-electron chi connectivity index (χ4n) is 5.30. The van der Waals surface area contributed by atoms with Crippen molar-refractivity contribution in [2.24, 2.45) is 0 Å². The van der Waals surface area contributed by atoms with Crippen molar-refractivity contribution in [3.05, 3.63) is 163 Å². The molecular weight excluding hydrogens is 725 g/mol. The Labute approximate surface area is 317 Å². The van der Waals surface area contributed by atoms with Crippen molar-refractivity contribution in [3.8, 4) is 17.2 Å². The third-order valence-electron chi connectivity index (χ3n) is 7.74. The average molecular weight is 765 g/mol. The van der Waals surface area contributed by atoms with Crippen molar-refractivity contribution >= 4 is 26.4 Å². The summed E-state index contributed by atoms with van der Waals surface area (Å²) in [6.07, 6.45) is 6.77. The Morgan fingerprint density at radius 3 is 1.56 bits per heavy atom. The summed E-state index contributed by atoms with van der Waals surface area (Å²) in [6.45, 7) is 5.57. The van der Waals surface area contributed by atoms with E-state index in [0.717, 1.165) is 11.1 Å². The first-order chi connectivity index (χ1) is 26.0. The predicted molar refractivity (Wildman–Crippen MR) is 205 cm³/mol. The largest absolute Gasteiger partial charge is 0.489 e. The van der Waals surface area contributed by atoms with E-state index in [4.69, 9.17) is 22.6 Å². The van der Waals surface area contributed by atoms with Gasteiger partial charge < -0.3 is 18.9 Å². The summed E-state index contributed by atoms with van der Waals surface area (Å²) in [5.74, 6) is 0.872. The zero-order chi connectivity index (χ0) is 38.0. The number of carbonyl (C=O) groups excluding carboxylic acids is 1. The Bertz CT molecular complexity index is 2160. The summed E-state index contributed by atoms with van der Waals surface area (Å²) < 4.78 is 59.0. The average Bonchev–Trinajstić information content (AvgIpc) is 3.18. The summed E-state index contributed by atoms with van der Waals surface area (Å²) in [6, 6.07) is 36.8. The second kappa shape index (κ2) is 17.0. The zero-order valence-corrected chi connectivity index (χ0v) is 31.7. The smallest absolute Gasteiger partial charge is 0.344 e. The van der Waals surface area contributed by atoms with Crippen LogP contribution in [0.1, 0.15) is 31.9 Å². The SMILES string of the molecule is CC(C)(C)OC(=O)COc1ccc(S(OS(=O)(=O)c2ccccc2)(c2cccc(OCc3ccncc3)c2)c2cccc(OCc3ccncc3)c2)cc1. The number of pyridine rings is 2. The van der Waals surface area contributed by atoms with E-state index >= 15 is 0 Å². The number of hydrogen-bond donors (Lipinski definition) is 0. The third-order valence-corrected chi connectivity index (χ3v) is 12.9. The van der Waals surface area contributed by atoms with Crippen LogP contribution < -0.4 is 14.2 Å². The number of rotatable bonds is 15. The standard InChI is InChI=1S/C42H40N2O8S2/c1-42(2,3)51-41(45)31-50-34-15-17-37(18-16-34)53(52-54(46,47)38-11-5-4-6-12-38,39-13-7-9-35(27-39)48-29-32-19-23-43-24-20-32)40-14-8-10-36(28-40)49-30-33-21-25-44-26-22-33/h4-28H,29-31H2,1-3H3. The van der Waals surface area contributed by atoms with Crippen molar-refractivity contribution in [3.63, 3.8) is 0 Å². The molecule has 0 saturated heterocycles. The van der Waals surface area contributed by atoms with Crippen LogP contribution in [0.4, 0.5) is 0 Å². The molecule has 54 heavy (non-hydrogen) atoms. The number of hydrogen-bond acceptors (Lipinski definition) is 10. The first kappa shape index (κ1) is 38.0. The Hall–Kier alpha value is -5.69. The predicted octanol–water partition coefficient (Wildman–Crippen LogP) is 8.96. The summed E-state index contributed by atoms with van der Waals surface area (Å²) in [4.78, 5) is 22.2. The number of carbonyl (C=O) groups is 1. The van der Waals surface area contributed by atoms with E-state index in [1.165, 1.54) is 12.1 Å². The minimum Gasteiger partial charge on any atom is -0.489 e. The molecule has 0 fully saturated rings. The summed E-state index contributed by atoms with van der Waals surface area (Å²) in [5.41, 5.74) is 1.16. The molecule has 4 aromatic carbocycles. The van der Waals surface area contributed by atoms with Gasteiger partial charge in [0.15, 0.2) is 6.61 Å². The van der Waals surface area contributed by atoms with E-state index in [2.05, 4.69) is 9.97 Å². The lowest BCUT2D eigenvalue weighted by atomic mass is 10.2. The monoisotopic (exact) mass is 764 g/mol. The van der Waals surface area contributed by atoms with Crippen LogP contribution in [0.15, 0.2) is 172 Å². The molecule has 6 rings (SSSR count). The summed E-state index contributed by atoms with van der Waals surface area (Å²) in [5, 5.41) is 0. The van der Waals surface area contributed by atoms with Crippen LogP contribution in [-0.2, 0) is 36.5 Å². The van der Waals surface area contributed by atoms with Crippen LogP contribution in [0, 0.1) is 0 Å². The second-order valence-corrected chi connectivity index (χ2v) is 17.4. The molecule has 0 saturated carbocycles. The van der Waals surface area contributed by atoms with E-state index < -0.39 is 32.0 Å². The van der Waals surface area contributed by atoms with Crippen LogP contribution in [0.5, 0.6) is 17.2 Å². The molecule has 0 radical (unpaired) electrons. The van der Waals surface area contributed by atoms with Gasteiger partial charge in [0.25, 0.3) is 0 Å². The molecule has 2 heterocycles. The fourth-order valence-corrected chi connectivity index (χ4v) is 10.6. The normalized spacial score (nSPS) is 12.1. The number of ether oxygens (including phenoxy) is 4. The van der Waals surface area contributed by atoms with Crippen molar-refractivity contribution in [2.45, 2.75) is 59.2 Å². The van der Waals surface area contributed by atoms with Crippen molar-refractivity contribution in [2.75, 3.05) is 6.61 Å². The fraction of sp³-hybridized carbons (Fsp3) is 0.167. The van der Waals surface area contributed by atoms with Gasteiger partial charge in [-0.1, -0.05) is 30.3 Å². The highest BCUT2D eigenvalue weighted by Gasteiger charge is 2.39. The molecule has 12 heteroatoms. The topological polar surface area (TPSA) is 123 Å². The molecule has 0 aliphatic heterocycles. The van der Waals surface area contributed by atoms with E-state index in [9.17, 15) is 13.2 Å². The first-order valence-electron chi connectivity index (χ1n) is 17.0. The van der Waals surface area contributed by atoms with Crippen LogP contribution in [0.3, 0.4) is 0 Å². The van der Waals surface area contributed by atoms with Crippen molar-refractivity contribution < 1.29 is 35.8 Å². The minimum atomic E-state index is -4.40. The Balaban J connectivity index is 1.47. The van der Waals surface area contributed by atoms with Gasteiger partial charge in [-0.05, 0) is 139 Å². The lowest BCUT2D eigenvalue weighted by Crippen LogP contribution is -2.27. The van der Waals surface area contributed by atoms with Gasteiger partial charge in [-0.15, -0.1) is 0 Å². The Morgan fingerprint density at radius 2 is 1.06 bits per heavy atom. The molecule has 6 aromatic rings. The van der Waals surface area contributed by atoms with E-state index in [1.807, 2.05) is 48.5 Å². The molecule has 0 unspecified atom stereocenters. The van der Waals surface area contributed by atoms with Gasteiger partial charge in [0, 0.05) is 39.5 Å². The zero-order valence-electron chi connectivity index (χ0n) is 30.0. The molecular formula is C42H40N2O8S2.